The fourth-order valence-electron chi connectivity index (χ4n) is 11.1. The maximum Gasteiger partial charge on any atom is 0.246 e. The number of rotatable bonds is 17. The third kappa shape index (κ3) is 22.2. The number of ether oxygens (including phenoxy) is 1. The number of aliphatic hydroxyl groups is 1. The maximum atomic E-state index is 15.3. The van der Waals surface area contributed by atoms with E-state index in [9.17, 15) is 43.5 Å². The molecule has 0 saturated carbocycles. The summed E-state index contributed by atoms with van der Waals surface area (Å²) in [5.74, 6) is -9.79. The molecule has 1 fully saturated rings. The first-order chi connectivity index (χ1) is 41.7. The van der Waals surface area contributed by atoms with Gasteiger partial charge >= 0.3 is 0 Å². The molecule has 1 aromatic heterocycles. The van der Waals surface area contributed by atoms with E-state index in [1.54, 1.807) is 65.9 Å². The summed E-state index contributed by atoms with van der Waals surface area (Å²) >= 11 is 0. The first-order valence-corrected chi connectivity index (χ1v) is 32.0. The topological polar surface area (TPSA) is 301 Å². The number of likely N-dealkylation sites (N-methyl/N-ethyl adjacent to an activating group) is 7. The number of amides is 11. The highest BCUT2D eigenvalue weighted by molar-refractivity contribution is 5.99. The molecule has 25 heteroatoms. The Kier molecular flexibility index (Phi) is 31.9. The number of hydrogen-bond donors (Lipinski definition) is 5. The zero-order chi connectivity index (χ0) is 69.1. The molecule has 25 nitrogen and oxygen atoms in total. The van der Waals surface area contributed by atoms with Crippen molar-refractivity contribution in [1.29, 1.82) is 0 Å². The number of nitrogens with zero attached hydrogens (tertiary/aromatic N) is 8. The van der Waals surface area contributed by atoms with Gasteiger partial charge in [0.05, 0.1) is 19.3 Å². The van der Waals surface area contributed by atoms with Crippen LogP contribution in [0.2, 0.25) is 0 Å². The van der Waals surface area contributed by atoms with E-state index < -0.39 is 156 Å². The van der Waals surface area contributed by atoms with Gasteiger partial charge in [0.2, 0.25) is 70.9 Å². The minimum absolute atomic E-state index is 0.00556. The molecule has 0 aromatic carbocycles. The van der Waals surface area contributed by atoms with Gasteiger partial charge in [-0.3, -0.25) is 52.7 Å². The van der Waals surface area contributed by atoms with Crippen LogP contribution in [0.3, 0.4) is 0 Å². The molecular formula is C65H112N12O13. The maximum absolute atomic E-state index is 15.3. The first-order valence-electron chi connectivity index (χ1n) is 32.0. The molecule has 5 N–H and O–H groups in total. The van der Waals surface area contributed by atoms with E-state index in [4.69, 9.17) is 4.74 Å². The van der Waals surface area contributed by atoms with Crippen LogP contribution in [-0.2, 0) is 52.7 Å². The zero-order valence-electron chi connectivity index (χ0n) is 58.3. The molecule has 510 valence electrons. The number of carbonyl (C=O) groups is 11. The largest absolute Gasteiger partial charge is 0.478 e. The van der Waals surface area contributed by atoms with Gasteiger partial charge in [-0.2, -0.15) is 0 Å². The van der Waals surface area contributed by atoms with Crippen molar-refractivity contribution in [2.24, 2.45) is 41.4 Å². The lowest BCUT2D eigenvalue weighted by Crippen LogP contribution is -2.63. The van der Waals surface area contributed by atoms with E-state index in [2.05, 4.69) is 26.3 Å². The monoisotopic (exact) mass is 1270 g/mol. The van der Waals surface area contributed by atoms with Crippen LogP contribution in [0.1, 0.15) is 149 Å². The Bertz CT molecular complexity index is 2590. The van der Waals surface area contributed by atoms with Crippen molar-refractivity contribution in [3.63, 3.8) is 0 Å². The van der Waals surface area contributed by atoms with Crippen molar-refractivity contribution in [2.45, 2.75) is 216 Å². The van der Waals surface area contributed by atoms with Gasteiger partial charge in [-0.05, 0) is 99.9 Å². The average Bonchev–Trinajstić information content (AvgIpc) is 0.874. The third-order valence-electron chi connectivity index (χ3n) is 16.8. The smallest absolute Gasteiger partial charge is 0.246 e. The number of nitrogens with one attached hydrogen (secondary N) is 4. The van der Waals surface area contributed by atoms with Gasteiger partial charge in [-0.25, -0.2) is 4.98 Å². The fourth-order valence-corrected chi connectivity index (χ4v) is 11.1. The standard InChI is InChI=1S/C65H112N12O13/c1-24-45-61(85)71(17)35-51(78)72(18)46(31-36(2)3)58(82)70-52(40(10)11)64(88)73(19)47(32-37(4)5)57(81)67-43(15)56(80)68-44(16)60(84)74(20)48(33-38(6)7)62(86)75(21)49(34-39(8)9)63(87)76(22)53(41(12)13)65(89)77(23)54(59(83)69-45)55(79)42(14)28-30-90-50-27-25-26-29-66-50/h25-27,29,36-49,52-55,79H,24,28,30-35H2,1-23H3,(H,67,81)(H,68,80)(H,69,83)(H,70,82)/t42-,43+,44-,45+,46+,47+,48+,49+,52+,53+,54?,55-/m1/s1. The molecule has 2 rings (SSSR count). The molecule has 0 spiro atoms. The van der Waals surface area contributed by atoms with E-state index in [1.165, 1.54) is 87.7 Å². The van der Waals surface area contributed by atoms with Crippen LogP contribution >= 0.6 is 0 Å². The zero-order valence-corrected chi connectivity index (χ0v) is 58.3. The summed E-state index contributed by atoms with van der Waals surface area (Å²) in [6, 6.07) is -7.45. The molecule has 2 heterocycles. The first kappa shape index (κ1) is 79.2. The minimum atomic E-state index is -1.68. The molecular weight excluding hydrogens is 1160 g/mol. The van der Waals surface area contributed by atoms with Crippen molar-refractivity contribution in [3.05, 3.63) is 24.4 Å². The highest BCUT2D eigenvalue weighted by atomic mass is 16.5. The van der Waals surface area contributed by atoms with Gasteiger partial charge in [0, 0.05) is 61.6 Å². The second kappa shape index (κ2) is 36.2. The molecule has 1 aliphatic heterocycles. The number of hydrogen-bond acceptors (Lipinski definition) is 14. The van der Waals surface area contributed by atoms with Crippen LogP contribution in [0.25, 0.3) is 0 Å². The molecule has 90 heavy (non-hydrogen) atoms. The lowest BCUT2D eigenvalue weighted by molar-refractivity contribution is -0.157. The van der Waals surface area contributed by atoms with Crippen molar-refractivity contribution in [3.8, 4) is 5.88 Å². The molecule has 0 radical (unpaired) electrons. The Morgan fingerprint density at radius 1 is 0.500 bits per heavy atom. The van der Waals surface area contributed by atoms with Crippen LogP contribution in [0.5, 0.6) is 5.88 Å². The molecule has 11 amide bonds. The number of pyridine rings is 1. The van der Waals surface area contributed by atoms with E-state index in [0.717, 1.165) is 9.80 Å². The van der Waals surface area contributed by atoms with Crippen LogP contribution in [-0.4, -0.2) is 238 Å². The van der Waals surface area contributed by atoms with Gasteiger partial charge in [-0.1, -0.05) is 103 Å². The highest BCUT2D eigenvalue weighted by Crippen LogP contribution is 2.26. The highest BCUT2D eigenvalue weighted by Gasteiger charge is 2.46. The second-order valence-corrected chi connectivity index (χ2v) is 27.1. The molecule has 0 aliphatic carbocycles. The van der Waals surface area contributed by atoms with E-state index in [1.807, 2.05) is 55.4 Å². The molecule has 1 aromatic rings. The summed E-state index contributed by atoms with van der Waals surface area (Å²) < 4.78 is 5.84. The van der Waals surface area contributed by atoms with Gasteiger partial charge < -0.3 is 65.4 Å². The third-order valence-corrected chi connectivity index (χ3v) is 16.8. The van der Waals surface area contributed by atoms with Crippen molar-refractivity contribution < 1.29 is 62.6 Å². The number of aliphatic hydroxyl groups excluding tert-OH is 1. The average molecular weight is 1270 g/mol. The summed E-state index contributed by atoms with van der Waals surface area (Å²) in [6.45, 7) is 27.4. The Labute approximate surface area is 536 Å². The van der Waals surface area contributed by atoms with E-state index in [-0.39, 0.29) is 68.8 Å². The second-order valence-electron chi connectivity index (χ2n) is 27.1. The van der Waals surface area contributed by atoms with Crippen molar-refractivity contribution >= 4 is 65.0 Å². The van der Waals surface area contributed by atoms with Gasteiger partial charge in [0.15, 0.2) is 0 Å². The van der Waals surface area contributed by atoms with Crippen LogP contribution < -0.4 is 26.0 Å². The van der Waals surface area contributed by atoms with E-state index >= 15 is 14.4 Å². The summed E-state index contributed by atoms with van der Waals surface area (Å²) in [4.78, 5) is 174. The quantitative estimate of drug-likeness (QED) is 0.150. The number of carbonyl (C=O) groups excluding carboxylic acids is 11. The summed E-state index contributed by atoms with van der Waals surface area (Å²) in [6.07, 6.45) is 0.694. The molecule has 1 unspecified atom stereocenters. The number of aromatic nitrogens is 1. The Balaban J connectivity index is 2.97. The lowest BCUT2D eigenvalue weighted by Gasteiger charge is -2.41. The summed E-state index contributed by atoms with van der Waals surface area (Å²) in [5.41, 5.74) is 0. The summed E-state index contributed by atoms with van der Waals surface area (Å²) in [5, 5.41) is 23.3. The van der Waals surface area contributed by atoms with Crippen molar-refractivity contribution in [1.82, 2.24) is 60.6 Å². The predicted molar refractivity (Wildman–Crippen MR) is 343 cm³/mol. The normalized spacial score (nSPS) is 25.9. The molecule has 1 aliphatic rings. The van der Waals surface area contributed by atoms with Crippen molar-refractivity contribution in [2.75, 3.05) is 62.5 Å². The van der Waals surface area contributed by atoms with E-state index in [0.29, 0.717) is 5.88 Å². The minimum Gasteiger partial charge on any atom is -0.478 e. The van der Waals surface area contributed by atoms with Crippen LogP contribution in [0.4, 0.5) is 0 Å². The fraction of sp³-hybridized carbons (Fsp3) is 0.754. The van der Waals surface area contributed by atoms with Crippen LogP contribution in [0.15, 0.2) is 24.4 Å². The molecule has 12 atom stereocenters. The Morgan fingerprint density at radius 2 is 0.956 bits per heavy atom. The summed E-state index contributed by atoms with van der Waals surface area (Å²) in [7, 11) is 9.85. The van der Waals surface area contributed by atoms with Gasteiger partial charge in [0.1, 0.15) is 60.4 Å². The van der Waals surface area contributed by atoms with Crippen LogP contribution in [0, 0.1) is 41.4 Å². The molecule has 1 saturated heterocycles. The molecule has 0 bridgehead atoms. The SMILES string of the molecule is CC[C@@H]1NC(=O)C([C@H](O)[C@H](C)CCOc2ccccn2)N(C)C(=O)[C@H](C(C)C)N(C)C(=O)[C@H](CC(C)C)N(C)C(=O)[C@H](CC(C)C)N(C)C(=O)[C@@H](C)NC(=O)[C@H](C)NC(=O)[C@H](CC(C)C)N(C)C(=O)[C@H](C(C)C)NC(=O)[C@H](CC(C)C)N(C)C(=O)CN(C)C1=O. The Morgan fingerprint density at radius 3 is 1.43 bits per heavy atom. The van der Waals surface area contributed by atoms with Gasteiger partial charge in [-0.15, -0.1) is 0 Å². The van der Waals surface area contributed by atoms with Gasteiger partial charge in [0.25, 0.3) is 0 Å². The Hall–Kier alpha value is -6.92. The lowest BCUT2D eigenvalue weighted by atomic mass is 9.91. The predicted octanol–water partition coefficient (Wildman–Crippen LogP) is 3.17.